The Morgan fingerprint density at radius 2 is 1.96 bits per heavy atom. The molecule has 0 bridgehead atoms. The number of unbranched alkanes of at least 4 members (excludes halogenated alkanes) is 1. The number of nitrogens with two attached hydrogens (primary N) is 2. The van der Waals surface area contributed by atoms with Crippen LogP contribution < -0.4 is 11.5 Å². The van der Waals surface area contributed by atoms with Crippen molar-refractivity contribution in [1.82, 2.24) is 4.90 Å². The molecule has 7 nitrogen and oxygen atoms in total. The number of methoxy groups -OCH3 is 1. The lowest BCUT2D eigenvalue weighted by Crippen LogP contribution is -2.49. The van der Waals surface area contributed by atoms with E-state index in [0.29, 0.717) is 25.9 Å². The third-order valence-corrected chi connectivity index (χ3v) is 3.83. The first-order valence-corrected chi connectivity index (χ1v) is 8.21. The highest BCUT2D eigenvalue weighted by Gasteiger charge is 2.43. The van der Waals surface area contributed by atoms with Crippen molar-refractivity contribution in [3.05, 3.63) is 0 Å². The van der Waals surface area contributed by atoms with Gasteiger partial charge in [0.25, 0.3) is 0 Å². The lowest BCUT2D eigenvalue weighted by atomic mass is 10.1. The van der Waals surface area contributed by atoms with Gasteiger partial charge in [0.2, 0.25) is 5.91 Å². The Labute approximate surface area is 138 Å². The number of hydrogen-bond acceptors (Lipinski definition) is 6. The van der Waals surface area contributed by atoms with E-state index in [2.05, 4.69) is 0 Å². The van der Waals surface area contributed by atoms with Crippen LogP contribution in [0, 0.1) is 0 Å². The molecule has 1 saturated heterocycles. The van der Waals surface area contributed by atoms with Crippen LogP contribution >= 0.6 is 0 Å². The van der Waals surface area contributed by atoms with Crippen molar-refractivity contribution >= 4 is 11.9 Å². The third kappa shape index (κ3) is 6.08. The summed E-state index contributed by atoms with van der Waals surface area (Å²) in [5.74, 6) is -0.648. The molecule has 134 valence electrons. The summed E-state index contributed by atoms with van der Waals surface area (Å²) >= 11 is 0. The number of hydrogen-bond donors (Lipinski definition) is 2. The molecule has 0 spiro atoms. The van der Waals surface area contributed by atoms with Crippen LogP contribution in [0.1, 0.15) is 46.5 Å². The van der Waals surface area contributed by atoms with Crippen LogP contribution in [-0.2, 0) is 19.1 Å². The maximum absolute atomic E-state index is 12.6. The van der Waals surface area contributed by atoms with Gasteiger partial charge in [0.05, 0.1) is 24.9 Å². The lowest BCUT2D eigenvalue weighted by Gasteiger charge is -2.26. The SMILES string of the molecule is COC(=O)[C@@H]1C[C@@H](OC(C)(C)C)CN1C(=O)[C@@H](N)CCCCN. The smallest absolute Gasteiger partial charge is 0.328 e. The van der Waals surface area contributed by atoms with E-state index in [4.69, 9.17) is 20.9 Å². The summed E-state index contributed by atoms with van der Waals surface area (Å²) in [6, 6.07) is -1.25. The van der Waals surface area contributed by atoms with Crippen LogP contribution in [0.5, 0.6) is 0 Å². The molecule has 1 aliphatic heterocycles. The zero-order chi connectivity index (χ0) is 17.6. The third-order valence-electron chi connectivity index (χ3n) is 3.83. The summed E-state index contributed by atoms with van der Waals surface area (Å²) in [4.78, 5) is 26.1. The number of amides is 1. The lowest BCUT2D eigenvalue weighted by molar-refractivity contribution is -0.151. The number of nitrogens with zero attached hydrogens (tertiary/aromatic N) is 1. The molecule has 23 heavy (non-hydrogen) atoms. The van der Waals surface area contributed by atoms with E-state index in [1.165, 1.54) is 12.0 Å². The van der Waals surface area contributed by atoms with Gasteiger partial charge in [0.15, 0.2) is 0 Å². The molecule has 7 heteroatoms. The van der Waals surface area contributed by atoms with Crippen molar-refractivity contribution in [3.8, 4) is 0 Å². The predicted molar refractivity (Wildman–Crippen MR) is 87.6 cm³/mol. The fourth-order valence-electron chi connectivity index (χ4n) is 2.83. The highest BCUT2D eigenvalue weighted by Crippen LogP contribution is 2.26. The standard InChI is InChI=1S/C16H31N3O4/c1-16(2,3)23-11-9-13(15(21)22-4)19(10-11)14(20)12(18)7-5-6-8-17/h11-13H,5-10,17-18H2,1-4H3/t11-,12+,13+/m1/s1. The molecule has 4 N–H and O–H groups in total. The maximum atomic E-state index is 12.6. The minimum Gasteiger partial charge on any atom is -0.467 e. The second-order valence-corrected chi connectivity index (χ2v) is 7.01. The van der Waals surface area contributed by atoms with E-state index in [1.807, 2.05) is 20.8 Å². The summed E-state index contributed by atoms with van der Waals surface area (Å²) in [6.45, 7) is 6.78. The first-order valence-electron chi connectivity index (χ1n) is 8.21. The fraction of sp³-hybridized carbons (Fsp3) is 0.875. The molecule has 0 aromatic carbocycles. The van der Waals surface area contributed by atoms with Crippen LogP contribution in [0.25, 0.3) is 0 Å². The van der Waals surface area contributed by atoms with Crippen LogP contribution in [0.3, 0.4) is 0 Å². The van der Waals surface area contributed by atoms with E-state index in [-0.39, 0.29) is 17.6 Å². The number of carbonyl (C=O) groups excluding carboxylic acids is 2. The Morgan fingerprint density at radius 1 is 1.30 bits per heavy atom. The van der Waals surface area contributed by atoms with Gasteiger partial charge < -0.3 is 25.8 Å². The van der Waals surface area contributed by atoms with E-state index in [0.717, 1.165) is 12.8 Å². The normalized spacial score (nSPS) is 23.0. The van der Waals surface area contributed by atoms with Crippen LogP contribution in [0.15, 0.2) is 0 Å². The zero-order valence-corrected chi connectivity index (χ0v) is 14.7. The Hall–Kier alpha value is -1.18. The predicted octanol–water partition coefficient (Wildman–Crippen LogP) is 0.400. The molecular formula is C16H31N3O4. The van der Waals surface area contributed by atoms with Crippen LogP contribution in [0.4, 0.5) is 0 Å². The van der Waals surface area contributed by atoms with E-state index >= 15 is 0 Å². The molecule has 0 saturated carbocycles. The summed E-state index contributed by atoms with van der Waals surface area (Å²) in [5.41, 5.74) is 11.1. The first-order chi connectivity index (χ1) is 10.7. The van der Waals surface area contributed by atoms with Gasteiger partial charge in [-0.15, -0.1) is 0 Å². The Morgan fingerprint density at radius 3 is 2.48 bits per heavy atom. The highest BCUT2D eigenvalue weighted by atomic mass is 16.5. The fourth-order valence-corrected chi connectivity index (χ4v) is 2.83. The van der Waals surface area contributed by atoms with Gasteiger partial charge in [0.1, 0.15) is 6.04 Å². The zero-order valence-electron chi connectivity index (χ0n) is 14.7. The second-order valence-electron chi connectivity index (χ2n) is 7.01. The topological polar surface area (TPSA) is 108 Å². The maximum Gasteiger partial charge on any atom is 0.328 e. The largest absolute Gasteiger partial charge is 0.467 e. The van der Waals surface area contributed by atoms with E-state index in [1.54, 1.807) is 0 Å². The Kier molecular flexibility index (Phi) is 7.44. The van der Waals surface area contributed by atoms with Gasteiger partial charge in [0, 0.05) is 13.0 Å². The molecule has 0 radical (unpaired) electrons. The van der Waals surface area contributed by atoms with Crippen molar-refractivity contribution in [2.45, 2.75) is 70.2 Å². The molecule has 0 aliphatic carbocycles. The monoisotopic (exact) mass is 329 g/mol. The molecular weight excluding hydrogens is 298 g/mol. The van der Waals surface area contributed by atoms with Gasteiger partial charge in [-0.1, -0.05) is 6.42 Å². The number of ether oxygens (including phenoxy) is 2. The van der Waals surface area contributed by atoms with Gasteiger partial charge in [-0.05, 0) is 40.2 Å². The van der Waals surface area contributed by atoms with Gasteiger partial charge in [-0.2, -0.15) is 0 Å². The van der Waals surface area contributed by atoms with Gasteiger partial charge >= 0.3 is 5.97 Å². The molecule has 1 amide bonds. The molecule has 0 aromatic heterocycles. The average Bonchev–Trinajstić information content (AvgIpc) is 2.87. The summed E-state index contributed by atoms with van der Waals surface area (Å²) in [6.07, 6.45) is 2.43. The average molecular weight is 329 g/mol. The van der Waals surface area contributed by atoms with Crippen molar-refractivity contribution in [2.24, 2.45) is 11.5 Å². The van der Waals surface area contributed by atoms with Crippen molar-refractivity contribution in [2.75, 3.05) is 20.2 Å². The molecule has 3 atom stereocenters. The van der Waals surface area contributed by atoms with Crippen molar-refractivity contribution in [3.63, 3.8) is 0 Å². The van der Waals surface area contributed by atoms with Crippen molar-refractivity contribution < 1.29 is 19.1 Å². The minimum absolute atomic E-state index is 0.195. The van der Waals surface area contributed by atoms with Crippen molar-refractivity contribution in [1.29, 1.82) is 0 Å². The minimum atomic E-state index is -0.625. The molecule has 1 aliphatic rings. The summed E-state index contributed by atoms with van der Waals surface area (Å²) < 4.78 is 10.7. The first kappa shape index (κ1) is 19.9. The molecule has 0 unspecified atom stereocenters. The van der Waals surface area contributed by atoms with Gasteiger partial charge in [-0.25, -0.2) is 4.79 Å². The molecule has 1 heterocycles. The summed E-state index contributed by atoms with van der Waals surface area (Å²) in [7, 11) is 1.32. The number of carbonyl (C=O) groups is 2. The summed E-state index contributed by atoms with van der Waals surface area (Å²) in [5, 5.41) is 0. The Bertz CT molecular complexity index is 409. The van der Waals surface area contributed by atoms with E-state index in [9.17, 15) is 9.59 Å². The van der Waals surface area contributed by atoms with Gasteiger partial charge in [-0.3, -0.25) is 4.79 Å². The number of rotatable bonds is 7. The highest BCUT2D eigenvalue weighted by molar-refractivity contribution is 5.88. The number of esters is 1. The van der Waals surface area contributed by atoms with Crippen LogP contribution in [-0.4, -0.2) is 60.8 Å². The molecule has 0 aromatic rings. The van der Waals surface area contributed by atoms with E-state index < -0.39 is 18.1 Å². The number of likely N-dealkylation sites (tertiary alicyclic amines) is 1. The Balaban J connectivity index is 2.75. The quantitative estimate of drug-likeness (QED) is 0.517. The van der Waals surface area contributed by atoms with Crippen LogP contribution in [0.2, 0.25) is 0 Å². The molecule has 1 fully saturated rings. The molecule has 1 rings (SSSR count). The second kappa shape index (κ2) is 8.61.